The lowest BCUT2D eigenvalue weighted by molar-refractivity contribution is 0.263. The Morgan fingerprint density at radius 2 is 1.88 bits per heavy atom. The van der Waals surface area contributed by atoms with Crippen LogP contribution in [0.2, 0.25) is 0 Å². The van der Waals surface area contributed by atoms with E-state index in [-0.39, 0.29) is 6.61 Å². The molecular weight excluding hydrogens is 300 g/mol. The van der Waals surface area contributed by atoms with Crippen molar-refractivity contribution in [2.45, 2.75) is 39.8 Å². The molecule has 0 aliphatic rings. The molecule has 0 amide bonds. The first-order valence-corrected chi connectivity index (χ1v) is 8.44. The van der Waals surface area contributed by atoms with Crippen LogP contribution in [0, 0.1) is 13.8 Å². The number of nitrogens with zero attached hydrogens (tertiary/aromatic N) is 2. The largest absolute Gasteiger partial charge is 0.493 e. The molecular formula is C20H24N2O2. The predicted octanol–water partition coefficient (Wildman–Crippen LogP) is 4.00. The smallest absolute Gasteiger partial charge is 0.135 e. The van der Waals surface area contributed by atoms with E-state index in [2.05, 4.69) is 29.5 Å². The van der Waals surface area contributed by atoms with E-state index in [9.17, 15) is 5.11 Å². The molecule has 24 heavy (non-hydrogen) atoms. The van der Waals surface area contributed by atoms with Crippen LogP contribution in [0.1, 0.15) is 29.8 Å². The summed E-state index contributed by atoms with van der Waals surface area (Å²) in [6.45, 7) is 5.70. The van der Waals surface area contributed by atoms with Crippen LogP contribution in [0.4, 0.5) is 0 Å². The Hall–Kier alpha value is -2.33. The lowest BCUT2D eigenvalue weighted by atomic mass is 10.1. The zero-order valence-corrected chi connectivity index (χ0v) is 14.3. The Bertz CT molecular complexity index is 824. The zero-order chi connectivity index (χ0) is 16.9. The summed E-state index contributed by atoms with van der Waals surface area (Å²) in [5.41, 5.74) is 4.48. The predicted molar refractivity (Wildman–Crippen MR) is 96.3 cm³/mol. The summed E-state index contributed by atoms with van der Waals surface area (Å²) in [6.07, 6.45) is 1.95. The van der Waals surface area contributed by atoms with Gasteiger partial charge in [-0.1, -0.05) is 24.3 Å². The van der Waals surface area contributed by atoms with Gasteiger partial charge in [-0.3, -0.25) is 0 Å². The Kier molecular flexibility index (Phi) is 5.16. The Morgan fingerprint density at radius 3 is 2.71 bits per heavy atom. The van der Waals surface area contributed by atoms with Crippen molar-refractivity contribution in [2.24, 2.45) is 0 Å². The molecule has 0 aliphatic heterocycles. The van der Waals surface area contributed by atoms with Crippen LogP contribution in [-0.2, 0) is 13.2 Å². The first kappa shape index (κ1) is 16.5. The van der Waals surface area contributed by atoms with Crippen molar-refractivity contribution in [1.29, 1.82) is 0 Å². The molecule has 0 spiro atoms. The first-order valence-electron chi connectivity index (χ1n) is 8.44. The molecule has 126 valence electrons. The second kappa shape index (κ2) is 7.49. The average Bonchev–Trinajstić information content (AvgIpc) is 2.96. The van der Waals surface area contributed by atoms with Crippen LogP contribution in [0.25, 0.3) is 11.0 Å². The van der Waals surface area contributed by atoms with Crippen molar-refractivity contribution in [3.63, 3.8) is 0 Å². The Balaban J connectivity index is 1.56. The maximum absolute atomic E-state index is 9.52. The number of aliphatic hydroxyl groups is 1. The van der Waals surface area contributed by atoms with Gasteiger partial charge in [-0.15, -0.1) is 0 Å². The number of imidazole rings is 1. The SMILES string of the molecule is Cc1cccc(OCCCCn2c(CO)nc3ccccc32)c1C. The molecule has 0 saturated carbocycles. The number of hydrogen-bond donors (Lipinski definition) is 1. The molecule has 2 aromatic carbocycles. The normalized spacial score (nSPS) is 11.1. The summed E-state index contributed by atoms with van der Waals surface area (Å²) in [7, 11) is 0. The summed E-state index contributed by atoms with van der Waals surface area (Å²) in [4.78, 5) is 4.48. The average molecular weight is 324 g/mol. The van der Waals surface area contributed by atoms with Gasteiger partial charge in [-0.2, -0.15) is 0 Å². The molecule has 0 atom stereocenters. The van der Waals surface area contributed by atoms with Gasteiger partial charge in [0.2, 0.25) is 0 Å². The van der Waals surface area contributed by atoms with Crippen LogP contribution in [0.3, 0.4) is 0 Å². The van der Waals surface area contributed by atoms with Crippen molar-refractivity contribution in [2.75, 3.05) is 6.61 Å². The molecule has 1 heterocycles. The molecule has 3 aromatic rings. The summed E-state index contributed by atoms with van der Waals surface area (Å²) >= 11 is 0. The third-order valence-electron chi connectivity index (χ3n) is 4.46. The lowest BCUT2D eigenvalue weighted by Crippen LogP contribution is -2.06. The summed E-state index contributed by atoms with van der Waals surface area (Å²) in [5, 5.41) is 9.52. The number of aromatic nitrogens is 2. The van der Waals surface area contributed by atoms with Crippen molar-refractivity contribution >= 4 is 11.0 Å². The van der Waals surface area contributed by atoms with Gasteiger partial charge in [0.15, 0.2) is 0 Å². The quantitative estimate of drug-likeness (QED) is 0.668. The Morgan fingerprint density at radius 1 is 1.04 bits per heavy atom. The highest BCUT2D eigenvalue weighted by molar-refractivity contribution is 5.75. The van der Waals surface area contributed by atoms with E-state index in [4.69, 9.17) is 4.74 Å². The monoisotopic (exact) mass is 324 g/mol. The number of para-hydroxylation sites is 2. The number of ether oxygens (including phenoxy) is 1. The van der Waals surface area contributed by atoms with Crippen molar-refractivity contribution < 1.29 is 9.84 Å². The molecule has 0 fully saturated rings. The number of fused-ring (bicyclic) bond motifs is 1. The van der Waals surface area contributed by atoms with Crippen molar-refractivity contribution in [3.8, 4) is 5.75 Å². The van der Waals surface area contributed by atoms with Gasteiger partial charge in [0.05, 0.1) is 17.6 Å². The van der Waals surface area contributed by atoms with Crippen molar-refractivity contribution in [1.82, 2.24) is 9.55 Å². The molecule has 1 aromatic heterocycles. The van der Waals surface area contributed by atoms with E-state index in [1.807, 2.05) is 36.4 Å². The fraction of sp³-hybridized carbons (Fsp3) is 0.350. The number of hydrogen-bond acceptors (Lipinski definition) is 3. The van der Waals surface area contributed by atoms with Crippen LogP contribution in [-0.4, -0.2) is 21.3 Å². The molecule has 0 radical (unpaired) electrons. The molecule has 4 heteroatoms. The second-order valence-electron chi connectivity index (χ2n) is 6.08. The van der Waals surface area contributed by atoms with Gasteiger partial charge < -0.3 is 14.4 Å². The van der Waals surface area contributed by atoms with Gasteiger partial charge in [0, 0.05) is 6.54 Å². The number of unbranched alkanes of at least 4 members (excludes halogenated alkanes) is 1. The van der Waals surface area contributed by atoms with Crippen molar-refractivity contribution in [3.05, 3.63) is 59.4 Å². The molecule has 0 unspecified atom stereocenters. The molecule has 0 bridgehead atoms. The first-order chi connectivity index (χ1) is 11.7. The minimum atomic E-state index is -0.0341. The number of benzene rings is 2. The van der Waals surface area contributed by atoms with E-state index in [1.165, 1.54) is 11.1 Å². The third kappa shape index (κ3) is 3.44. The van der Waals surface area contributed by atoms with Gasteiger partial charge in [0.1, 0.15) is 18.2 Å². The fourth-order valence-electron chi connectivity index (χ4n) is 2.93. The molecule has 4 nitrogen and oxygen atoms in total. The minimum Gasteiger partial charge on any atom is -0.493 e. The van der Waals surface area contributed by atoms with E-state index < -0.39 is 0 Å². The standard InChI is InChI=1S/C20H24N2O2/c1-15-8-7-11-19(16(15)2)24-13-6-5-12-22-18-10-4-3-9-17(18)21-20(22)14-23/h3-4,7-11,23H,5-6,12-14H2,1-2H3. The van der Waals surface area contributed by atoms with Crippen LogP contribution in [0.5, 0.6) is 5.75 Å². The van der Waals surface area contributed by atoms with E-state index in [1.54, 1.807) is 0 Å². The highest BCUT2D eigenvalue weighted by atomic mass is 16.5. The minimum absolute atomic E-state index is 0.0341. The summed E-state index contributed by atoms with van der Waals surface area (Å²) < 4.78 is 8.01. The van der Waals surface area contributed by atoms with Gasteiger partial charge in [0.25, 0.3) is 0 Å². The van der Waals surface area contributed by atoms with E-state index >= 15 is 0 Å². The highest BCUT2D eigenvalue weighted by Gasteiger charge is 2.09. The van der Waals surface area contributed by atoms with Gasteiger partial charge in [-0.25, -0.2) is 4.98 Å². The summed E-state index contributed by atoms with van der Waals surface area (Å²) in [5.74, 6) is 1.70. The van der Waals surface area contributed by atoms with Gasteiger partial charge >= 0.3 is 0 Å². The molecule has 0 saturated heterocycles. The number of rotatable bonds is 7. The van der Waals surface area contributed by atoms with E-state index in [0.29, 0.717) is 6.61 Å². The maximum Gasteiger partial charge on any atom is 0.135 e. The number of aryl methyl sites for hydroxylation is 2. The fourth-order valence-corrected chi connectivity index (χ4v) is 2.93. The Labute approximate surface area is 142 Å². The number of aliphatic hydroxyl groups excluding tert-OH is 1. The third-order valence-corrected chi connectivity index (χ3v) is 4.46. The lowest BCUT2D eigenvalue weighted by Gasteiger charge is -2.11. The summed E-state index contributed by atoms with van der Waals surface area (Å²) in [6, 6.07) is 14.2. The maximum atomic E-state index is 9.52. The molecule has 3 rings (SSSR count). The topological polar surface area (TPSA) is 47.3 Å². The van der Waals surface area contributed by atoms with Crippen LogP contribution < -0.4 is 4.74 Å². The zero-order valence-electron chi connectivity index (χ0n) is 14.3. The molecule has 1 N–H and O–H groups in total. The van der Waals surface area contributed by atoms with Crippen LogP contribution >= 0.6 is 0 Å². The highest BCUT2D eigenvalue weighted by Crippen LogP contribution is 2.21. The van der Waals surface area contributed by atoms with Crippen LogP contribution in [0.15, 0.2) is 42.5 Å². The van der Waals surface area contributed by atoms with Gasteiger partial charge in [-0.05, 0) is 56.0 Å². The molecule has 0 aliphatic carbocycles. The second-order valence-corrected chi connectivity index (χ2v) is 6.08. The van der Waals surface area contributed by atoms with E-state index in [0.717, 1.165) is 42.0 Å².